The first kappa shape index (κ1) is 30.1. The molecular formula is C32H44O9. The number of ether oxygens (including phenoxy) is 3. The van der Waals surface area contributed by atoms with Crippen molar-refractivity contribution in [2.45, 2.75) is 109 Å². The molecule has 0 aromatic carbocycles. The highest BCUT2D eigenvalue weighted by molar-refractivity contribution is 5.96. The molecule has 3 aliphatic carbocycles. The molecule has 41 heavy (non-hydrogen) atoms. The number of rotatable bonds is 10. The Morgan fingerprint density at radius 2 is 1.85 bits per heavy atom. The third kappa shape index (κ3) is 4.46. The van der Waals surface area contributed by atoms with Crippen molar-refractivity contribution in [3.8, 4) is 0 Å². The number of aliphatic hydroxyl groups is 3. The number of carbonyl (C=O) groups is 3. The zero-order valence-corrected chi connectivity index (χ0v) is 24.3. The lowest BCUT2D eigenvalue weighted by atomic mass is 9.38. The summed E-state index contributed by atoms with van der Waals surface area (Å²) in [5, 5.41) is 34.5. The predicted octanol–water partition coefficient (Wildman–Crippen LogP) is 3.30. The van der Waals surface area contributed by atoms with Crippen molar-refractivity contribution in [2.75, 3.05) is 6.61 Å². The SMILES string of the molecule is C=C1[C@@H](O)[C@]2(O)OC[C@@]34[C@H]1[C@@H](OC(=O)C/C=C/CCCCCCCC)C(=O)O[C@@H]3C[C@H]1C(C)=CC(=O)[C@@H](O)[C@]1(C)[C@@H]24. The highest BCUT2D eigenvalue weighted by atomic mass is 16.7. The summed E-state index contributed by atoms with van der Waals surface area (Å²) in [6.07, 6.45) is 7.98. The molecule has 226 valence electrons. The average molecular weight is 573 g/mol. The van der Waals surface area contributed by atoms with Crippen LogP contribution in [-0.4, -0.2) is 69.9 Å². The molecule has 5 rings (SSSR count). The molecule has 0 aromatic rings. The Bertz CT molecular complexity index is 1160. The van der Waals surface area contributed by atoms with Gasteiger partial charge in [-0.25, -0.2) is 4.79 Å². The van der Waals surface area contributed by atoms with Crippen LogP contribution in [0.2, 0.25) is 0 Å². The summed E-state index contributed by atoms with van der Waals surface area (Å²) in [5.74, 6) is -6.38. The minimum absolute atomic E-state index is 0.0291. The lowest BCUT2D eigenvalue weighted by molar-refractivity contribution is -0.311. The van der Waals surface area contributed by atoms with Gasteiger partial charge in [0.05, 0.1) is 18.4 Å². The summed E-state index contributed by atoms with van der Waals surface area (Å²) < 4.78 is 17.6. The average Bonchev–Trinajstić information content (AvgIpc) is 3.22. The van der Waals surface area contributed by atoms with Crippen LogP contribution in [0.5, 0.6) is 0 Å². The number of hydrogen-bond donors (Lipinski definition) is 3. The van der Waals surface area contributed by atoms with Crippen LogP contribution in [0.15, 0.2) is 36.0 Å². The summed E-state index contributed by atoms with van der Waals surface area (Å²) in [7, 11) is 0. The van der Waals surface area contributed by atoms with Crippen LogP contribution in [-0.2, 0) is 28.6 Å². The van der Waals surface area contributed by atoms with Crippen LogP contribution in [0.3, 0.4) is 0 Å². The van der Waals surface area contributed by atoms with Gasteiger partial charge in [-0.3, -0.25) is 9.59 Å². The Hall–Kier alpha value is -2.33. The maximum absolute atomic E-state index is 13.4. The molecule has 2 saturated carbocycles. The van der Waals surface area contributed by atoms with Gasteiger partial charge in [0.1, 0.15) is 18.3 Å². The van der Waals surface area contributed by atoms with E-state index in [4.69, 9.17) is 14.2 Å². The van der Waals surface area contributed by atoms with Crippen molar-refractivity contribution in [1.82, 2.24) is 0 Å². The Morgan fingerprint density at radius 1 is 1.15 bits per heavy atom. The van der Waals surface area contributed by atoms with E-state index in [1.54, 1.807) is 19.9 Å². The van der Waals surface area contributed by atoms with Gasteiger partial charge < -0.3 is 29.5 Å². The van der Waals surface area contributed by atoms with Crippen molar-refractivity contribution in [3.63, 3.8) is 0 Å². The van der Waals surface area contributed by atoms with Gasteiger partial charge in [-0.1, -0.05) is 70.3 Å². The number of aliphatic hydroxyl groups excluding tert-OH is 2. The number of allylic oxidation sites excluding steroid dienone is 2. The molecular weight excluding hydrogens is 528 g/mol. The third-order valence-electron chi connectivity index (χ3n) is 10.7. The molecule has 2 heterocycles. The fourth-order valence-corrected chi connectivity index (χ4v) is 8.83. The van der Waals surface area contributed by atoms with E-state index in [0.29, 0.717) is 5.57 Å². The van der Waals surface area contributed by atoms with Crippen LogP contribution < -0.4 is 0 Å². The van der Waals surface area contributed by atoms with E-state index in [1.165, 1.54) is 31.8 Å². The molecule has 2 saturated heterocycles. The first-order valence-corrected chi connectivity index (χ1v) is 15.1. The monoisotopic (exact) mass is 572 g/mol. The molecule has 1 spiro atoms. The van der Waals surface area contributed by atoms with Crippen LogP contribution in [0.1, 0.15) is 78.6 Å². The van der Waals surface area contributed by atoms with E-state index in [-0.39, 0.29) is 25.0 Å². The summed E-state index contributed by atoms with van der Waals surface area (Å²) in [5.41, 5.74) is -1.59. The van der Waals surface area contributed by atoms with Gasteiger partial charge in [-0.15, -0.1) is 0 Å². The Balaban J connectivity index is 1.38. The van der Waals surface area contributed by atoms with Crippen LogP contribution in [0, 0.1) is 28.6 Å². The largest absolute Gasteiger partial charge is 0.459 e. The number of unbranched alkanes of at least 4 members (excludes halogenated alkanes) is 6. The number of esters is 2. The number of hydrogen-bond acceptors (Lipinski definition) is 9. The second-order valence-electron chi connectivity index (χ2n) is 13.0. The fourth-order valence-electron chi connectivity index (χ4n) is 8.83. The minimum Gasteiger partial charge on any atom is -0.459 e. The summed E-state index contributed by atoms with van der Waals surface area (Å²) in [6.45, 7) is 9.60. The number of ketones is 1. The molecule has 10 atom stereocenters. The first-order chi connectivity index (χ1) is 19.4. The normalized spacial score (nSPS) is 42.9. The second kappa shape index (κ2) is 11.1. The molecule has 2 aliphatic heterocycles. The maximum Gasteiger partial charge on any atom is 0.348 e. The van der Waals surface area contributed by atoms with E-state index >= 15 is 0 Å². The van der Waals surface area contributed by atoms with E-state index in [2.05, 4.69) is 13.5 Å². The lowest BCUT2D eigenvalue weighted by Gasteiger charge is -2.67. The van der Waals surface area contributed by atoms with Crippen LogP contribution in [0.4, 0.5) is 0 Å². The third-order valence-corrected chi connectivity index (χ3v) is 10.7. The zero-order chi connectivity index (χ0) is 29.7. The van der Waals surface area contributed by atoms with E-state index in [1.807, 2.05) is 6.08 Å². The fraction of sp³-hybridized carbons (Fsp3) is 0.719. The van der Waals surface area contributed by atoms with Crippen molar-refractivity contribution < 1.29 is 43.9 Å². The molecule has 0 radical (unpaired) electrons. The molecule has 9 nitrogen and oxygen atoms in total. The number of carbonyl (C=O) groups excluding carboxylic acids is 3. The van der Waals surface area contributed by atoms with Gasteiger partial charge in [0.2, 0.25) is 6.10 Å². The van der Waals surface area contributed by atoms with Crippen molar-refractivity contribution in [3.05, 3.63) is 36.0 Å². The van der Waals surface area contributed by atoms with Gasteiger partial charge in [-0.05, 0) is 43.8 Å². The Kier molecular flexibility index (Phi) is 8.13. The highest BCUT2D eigenvalue weighted by Gasteiger charge is 2.83. The molecule has 4 fully saturated rings. The van der Waals surface area contributed by atoms with Gasteiger partial charge in [0.15, 0.2) is 11.6 Å². The standard InChI is InChI=1S/C32H44O9/c1-5-6-7-8-9-10-11-12-13-14-23(34)41-25-24-19(3)26(35)32(38)29-30(4)20(18(2)15-21(33)27(30)36)16-22(40-28(25)37)31(24,29)17-39-32/h12-13,15,20,22,24-27,29,35-36,38H,3,5-11,14,16-17H2,1-2,4H3/b13-12+/t20-,22+,24+,25+,26+,27+,29+,30+,31-,32-/m0/s1. The second-order valence-corrected chi connectivity index (χ2v) is 13.0. The molecule has 9 heteroatoms. The summed E-state index contributed by atoms with van der Waals surface area (Å²) in [4.78, 5) is 39.2. The lowest BCUT2D eigenvalue weighted by Crippen LogP contribution is -2.76. The van der Waals surface area contributed by atoms with Crippen molar-refractivity contribution >= 4 is 17.7 Å². The minimum atomic E-state index is -2.17. The molecule has 3 N–H and O–H groups in total. The summed E-state index contributed by atoms with van der Waals surface area (Å²) in [6, 6.07) is 0. The van der Waals surface area contributed by atoms with E-state index < -0.39 is 76.5 Å². The van der Waals surface area contributed by atoms with Crippen LogP contribution in [0.25, 0.3) is 0 Å². The van der Waals surface area contributed by atoms with Gasteiger partial charge in [-0.2, -0.15) is 0 Å². The van der Waals surface area contributed by atoms with Crippen LogP contribution >= 0.6 is 0 Å². The topological polar surface area (TPSA) is 140 Å². The smallest absolute Gasteiger partial charge is 0.348 e. The molecule has 0 aromatic heterocycles. The van der Waals surface area contributed by atoms with Crippen molar-refractivity contribution in [1.29, 1.82) is 0 Å². The van der Waals surface area contributed by atoms with E-state index in [0.717, 1.165) is 19.3 Å². The van der Waals surface area contributed by atoms with E-state index in [9.17, 15) is 29.7 Å². The van der Waals surface area contributed by atoms with Gasteiger partial charge in [0, 0.05) is 17.3 Å². The molecule has 0 amide bonds. The Labute approximate surface area is 241 Å². The molecule has 0 unspecified atom stereocenters. The van der Waals surface area contributed by atoms with Gasteiger partial charge in [0.25, 0.3) is 0 Å². The van der Waals surface area contributed by atoms with Crippen molar-refractivity contribution in [2.24, 2.45) is 28.6 Å². The summed E-state index contributed by atoms with van der Waals surface area (Å²) >= 11 is 0. The first-order valence-electron chi connectivity index (χ1n) is 15.1. The zero-order valence-electron chi connectivity index (χ0n) is 24.3. The Morgan fingerprint density at radius 3 is 2.59 bits per heavy atom. The highest BCUT2D eigenvalue weighted by Crippen LogP contribution is 2.73. The molecule has 2 bridgehead atoms. The quantitative estimate of drug-likeness (QED) is 0.204. The van der Waals surface area contributed by atoms with Gasteiger partial charge >= 0.3 is 11.9 Å². The predicted molar refractivity (Wildman–Crippen MR) is 148 cm³/mol. The number of fused-ring (bicyclic) bond motifs is 1. The maximum atomic E-state index is 13.4. The molecule has 5 aliphatic rings.